The summed E-state index contributed by atoms with van der Waals surface area (Å²) in [6.45, 7) is 4.32. The van der Waals surface area contributed by atoms with Crippen LogP contribution in [0.2, 0.25) is 0 Å². The molecule has 0 heteroatoms. The first-order valence-corrected chi connectivity index (χ1v) is 4.74. The summed E-state index contributed by atoms with van der Waals surface area (Å²) < 4.78 is 0. The zero-order valence-electron chi connectivity index (χ0n) is 8.19. The Labute approximate surface area is 76.8 Å². The molecule has 66 valence electrons. The fraction of sp³-hybridized carbons (Fsp3) is 0.667. The fourth-order valence-electron chi connectivity index (χ4n) is 0.957. The Morgan fingerprint density at radius 1 is 1.17 bits per heavy atom. The summed E-state index contributed by atoms with van der Waals surface area (Å²) in [5.41, 5.74) is 0. The summed E-state index contributed by atoms with van der Waals surface area (Å²) in [6.07, 6.45) is 10.4. The van der Waals surface area contributed by atoms with Crippen LogP contribution in [0, 0.1) is 30.1 Å². The van der Waals surface area contributed by atoms with Crippen molar-refractivity contribution in [2.75, 3.05) is 0 Å². The highest BCUT2D eigenvalue weighted by atomic mass is 14.0. The van der Waals surface area contributed by atoms with E-state index in [0.717, 1.165) is 32.1 Å². The molecule has 0 fully saturated rings. The molecule has 0 saturated carbocycles. The van der Waals surface area contributed by atoms with Gasteiger partial charge in [-0.1, -0.05) is 20.3 Å². The first-order chi connectivity index (χ1) is 5.85. The summed E-state index contributed by atoms with van der Waals surface area (Å²) in [5, 5.41) is 0. The predicted molar refractivity (Wildman–Crippen MR) is 54.5 cm³/mol. The summed E-state index contributed by atoms with van der Waals surface area (Å²) in [7, 11) is 0. The quantitative estimate of drug-likeness (QED) is 0.557. The fourth-order valence-corrected chi connectivity index (χ4v) is 0.957. The maximum atomic E-state index is 5.24. The lowest BCUT2D eigenvalue weighted by molar-refractivity contribution is 0.539. The Balaban J connectivity index is 3.60. The Hall–Kier alpha value is -0.880. The minimum absolute atomic E-state index is 0.611. The third-order valence-corrected chi connectivity index (χ3v) is 1.87. The minimum atomic E-state index is 0.611. The summed E-state index contributed by atoms with van der Waals surface area (Å²) in [5.74, 6) is 9.62. The van der Waals surface area contributed by atoms with Gasteiger partial charge in [-0.25, -0.2) is 0 Å². The minimum Gasteiger partial charge on any atom is -0.120 e. The summed E-state index contributed by atoms with van der Waals surface area (Å²) >= 11 is 0. The van der Waals surface area contributed by atoms with E-state index >= 15 is 0 Å². The van der Waals surface area contributed by atoms with E-state index in [0.29, 0.717) is 5.92 Å². The van der Waals surface area contributed by atoms with Crippen LogP contribution in [-0.2, 0) is 0 Å². The van der Waals surface area contributed by atoms with E-state index in [9.17, 15) is 0 Å². The molecule has 0 amide bonds. The van der Waals surface area contributed by atoms with E-state index in [4.69, 9.17) is 6.42 Å². The van der Waals surface area contributed by atoms with Crippen molar-refractivity contribution in [3.63, 3.8) is 0 Å². The SMILES string of the molecule is C#CCC(CC)CC#CCCC. The highest BCUT2D eigenvalue weighted by Crippen LogP contribution is 2.10. The Morgan fingerprint density at radius 2 is 1.92 bits per heavy atom. The molecule has 0 N–H and O–H groups in total. The van der Waals surface area contributed by atoms with E-state index < -0.39 is 0 Å². The average molecular weight is 162 g/mol. The number of unbranched alkanes of at least 4 members (excludes halogenated alkanes) is 1. The molecule has 0 aromatic heterocycles. The van der Waals surface area contributed by atoms with Crippen molar-refractivity contribution in [1.29, 1.82) is 0 Å². The van der Waals surface area contributed by atoms with Crippen molar-refractivity contribution < 1.29 is 0 Å². The Bertz CT molecular complexity index is 184. The van der Waals surface area contributed by atoms with Gasteiger partial charge in [0.15, 0.2) is 0 Å². The highest BCUT2D eigenvalue weighted by Gasteiger charge is 2.00. The van der Waals surface area contributed by atoms with Crippen molar-refractivity contribution in [2.24, 2.45) is 5.92 Å². The molecule has 0 aliphatic heterocycles. The topological polar surface area (TPSA) is 0 Å². The molecule has 0 aromatic carbocycles. The van der Waals surface area contributed by atoms with Gasteiger partial charge in [0, 0.05) is 19.3 Å². The molecule has 12 heavy (non-hydrogen) atoms. The molecule has 0 aliphatic carbocycles. The van der Waals surface area contributed by atoms with Crippen molar-refractivity contribution in [3.05, 3.63) is 0 Å². The summed E-state index contributed by atoms with van der Waals surface area (Å²) in [6, 6.07) is 0. The zero-order valence-corrected chi connectivity index (χ0v) is 8.19. The zero-order chi connectivity index (χ0) is 9.23. The normalized spacial score (nSPS) is 11.1. The lowest BCUT2D eigenvalue weighted by Gasteiger charge is -2.04. The van der Waals surface area contributed by atoms with Gasteiger partial charge in [-0.05, 0) is 12.3 Å². The second kappa shape index (κ2) is 8.22. The van der Waals surface area contributed by atoms with E-state index in [1.807, 2.05) is 0 Å². The second-order valence-corrected chi connectivity index (χ2v) is 2.99. The van der Waals surface area contributed by atoms with E-state index in [1.165, 1.54) is 0 Å². The van der Waals surface area contributed by atoms with Crippen molar-refractivity contribution >= 4 is 0 Å². The van der Waals surface area contributed by atoms with Crippen LogP contribution in [0.4, 0.5) is 0 Å². The van der Waals surface area contributed by atoms with Gasteiger partial charge >= 0.3 is 0 Å². The molecule has 0 nitrogen and oxygen atoms in total. The van der Waals surface area contributed by atoms with Crippen LogP contribution in [0.1, 0.15) is 46.0 Å². The average Bonchev–Trinajstić information content (AvgIpc) is 2.10. The molecule has 0 bridgehead atoms. The van der Waals surface area contributed by atoms with Crippen molar-refractivity contribution in [3.8, 4) is 24.2 Å². The lowest BCUT2D eigenvalue weighted by Crippen LogP contribution is -1.94. The molecule has 0 saturated heterocycles. The summed E-state index contributed by atoms with van der Waals surface area (Å²) in [4.78, 5) is 0. The number of hydrogen-bond acceptors (Lipinski definition) is 0. The molecule has 0 aromatic rings. The smallest absolute Gasteiger partial charge is 0.0126 e. The molecule has 0 aliphatic rings. The Kier molecular flexibility index (Phi) is 7.62. The van der Waals surface area contributed by atoms with Gasteiger partial charge in [-0.2, -0.15) is 0 Å². The van der Waals surface area contributed by atoms with Crippen LogP contribution in [-0.4, -0.2) is 0 Å². The number of terminal acetylenes is 1. The molecule has 1 unspecified atom stereocenters. The van der Waals surface area contributed by atoms with Crippen LogP contribution < -0.4 is 0 Å². The molecule has 1 atom stereocenters. The predicted octanol–water partition coefficient (Wildman–Crippen LogP) is 3.23. The maximum absolute atomic E-state index is 5.24. The molecule has 0 rings (SSSR count). The highest BCUT2D eigenvalue weighted by molar-refractivity contribution is 5.01. The first kappa shape index (κ1) is 11.1. The van der Waals surface area contributed by atoms with E-state index in [2.05, 4.69) is 31.6 Å². The molecular formula is C12H18. The Morgan fingerprint density at radius 3 is 2.42 bits per heavy atom. The van der Waals surface area contributed by atoms with Crippen LogP contribution >= 0.6 is 0 Å². The van der Waals surface area contributed by atoms with Gasteiger partial charge in [0.2, 0.25) is 0 Å². The van der Waals surface area contributed by atoms with Crippen LogP contribution in [0.25, 0.3) is 0 Å². The van der Waals surface area contributed by atoms with Crippen LogP contribution in [0.15, 0.2) is 0 Å². The maximum Gasteiger partial charge on any atom is 0.0126 e. The second-order valence-electron chi connectivity index (χ2n) is 2.99. The van der Waals surface area contributed by atoms with Gasteiger partial charge in [-0.3, -0.25) is 0 Å². The number of rotatable bonds is 4. The van der Waals surface area contributed by atoms with Gasteiger partial charge in [0.1, 0.15) is 0 Å². The molecule has 0 heterocycles. The lowest BCUT2D eigenvalue weighted by atomic mass is 9.99. The number of hydrogen-bond donors (Lipinski definition) is 0. The van der Waals surface area contributed by atoms with Gasteiger partial charge in [0.05, 0.1) is 0 Å². The van der Waals surface area contributed by atoms with Crippen molar-refractivity contribution in [1.82, 2.24) is 0 Å². The van der Waals surface area contributed by atoms with E-state index in [-0.39, 0.29) is 0 Å². The van der Waals surface area contributed by atoms with Crippen LogP contribution in [0.5, 0.6) is 0 Å². The van der Waals surface area contributed by atoms with Gasteiger partial charge < -0.3 is 0 Å². The van der Waals surface area contributed by atoms with Gasteiger partial charge in [0.25, 0.3) is 0 Å². The standard InChI is InChI=1S/C12H18/c1-4-7-8-9-11-12(6-3)10-5-2/h2,12H,4,6-7,10-11H2,1,3H3. The molecule has 0 radical (unpaired) electrons. The van der Waals surface area contributed by atoms with Crippen molar-refractivity contribution in [2.45, 2.75) is 46.0 Å². The largest absolute Gasteiger partial charge is 0.120 e. The third-order valence-electron chi connectivity index (χ3n) is 1.87. The molecule has 0 spiro atoms. The van der Waals surface area contributed by atoms with E-state index in [1.54, 1.807) is 0 Å². The first-order valence-electron chi connectivity index (χ1n) is 4.74. The third kappa shape index (κ3) is 5.87. The monoisotopic (exact) mass is 162 g/mol. The van der Waals surface area contributed by atoms with Gasteiger partial charge in [-0.15, -0.1) is 24.2 Å². The van der Waals surface area contributed by atoms with Crippen LogP contribution in [0.3, 0.4) is 0 Å². The molecular weight excluding hydrogens is 144 g/mol.